The fourth-order valence-electron chi connectivity index (χ4n) is 2.63. The lowest BCUT2D eigenvalue weighted by Crippen LogP contribution is -2.30. The Kier molecular flexibility index (Phi) is 3.90. The van der Waals surface area contributed by atoms with E-state index in [-0.39, 0.29) is 11.9 Å². The van der Waals surface area contributed by atoms with E-state index in [1.165, 1.54) is 27.8 Å². The van der Waals surface area contributed by atoms with Crippen molar-refractivity contribution in [1.29, 1.82) is 0 Å². The number of halogens is 1. The van der Waals surface area contributed by atoms with E-state index in [9.17, 15) is 4.39 Å². The molecule has 3 aromatic rings. The molecule has 0 radical (unpaired) electrons. The molecule has 1 aromatic heterocycles. The number of benzene rings is 2. The lowest BCUT2D eigenvalue weighted by molar-refractivity contribution is 0.623. The van der Waals surface area contributed by atoms with Crippen LogP contribution in [0.2, 0.25) is 0 Å². The first-order valence-corrected chi connectivity index (χ1v) is 7.73. The van der Waals surface area contributed by atoms with Gasteiger partial charge in [0.1, 0.15) is 5.82 Å². The molecule has 2 N–H and O–H groups in total. The van der Waals surface area contributed by atoms with Gasteiger partial charge in [-0.3, -0.25) is 0 Å². The van der Waals surface area contributed by atoms with Crippen molar-refractivity contribution in [3.05, 3.63) is 65.3 Å². The molecule has 1 unspecified atom stereocenters. The molecule has 0 aliphatic carbocycles. The summed E-state index contributed by atoms with van der Waals surface area (Å²) < 4.78 is 14.7. The van der Waals surface area contributed by atoms with Crippen molar-refractivity contribution in [1.82, 2.24) is 0 Å². The molecular formula is C17H17FN2S. The summed E-state index contributed by atoms with van der Waals surface area (Å²) in [6, 6.07) is 14.9. The molecule has 1 heterocycles. The molecule has 2 aromatic carbocycles. The van der Waals surface area contributed by atoms with Crippen molar-refractivity contribution >= 4 is 27.1 Å². The van der Waals surface area contributed by atoms with E-state index >= 15 is 0 Å². The predicted molar refractivity (Wildman–Crippen MR) is 88.4 cm³/mol. The molecule has 0 fully saturated rings. The fourth-order valence-corrected chi connectivity index (χ4v) is 3.63. The van der Waals surface area contributed by atoms with Crippen LogP contribution in [0, 0.1) is 5.82 Å². The maximum absolute atomic E-state index is 13.4. The predicted octanol–water partition coefficient (Wildman–Crippen LogP) is 4.18. The van der Waals surface area contributed by atoms with E-state index in [2.05, 4.69) is 17.5 Å². The third kappa shape index (κ3) is 2.64. The molecule has 0 bridgehead atoms. The lowest BCUT2D eigenvalue weighted by Gasteiger charge is -2.29. The number of hydrogen-bond donors (Lipinski definition) is 1. The van der Waals surface area contributed by atoms with Gasteiger partial charge in [-0.05, 0) is 40.6 Å². The van der Waals surface area contributed by atoms with E-state index in [1.807, 2.05) is 30.1 Å². The van der Waals surface area contributed by atoms with Crippen LogP contribution in [-0.4, -0.2) is 13.6 Å². The molecule has 0 spiro atoms. The molecule has 0 aliphatic rings. The van der Waals surface area contributed by atoms with E-state index in [4.69, 9.17) is 5.73 Å². The molecule has 21 heavy (non-hydrogen) atoms. The SMILES string of the molecule is CN(c1cccc(F)c1)C(CN)c1csc2ccccc12. The number of thiophene rings is 1. The van der Waals surface area contributed by atoms with Gasteiger partial charge in [-0.25, -0.2) is 4.39 Å². The summed E-state index contributed by atoms with van der Waals surface area (Å²) in [7, 11) is 1.96. The number of likely N-dealkylation sites (N-methyl/N-ethyl adjacent to an activating group) is 1. The van der Waals surface area contributed by atoms with Crippen LogP contribution >= 0.6 is 11.3 Å². The van der Waals surface area contributed by atoms with Gasteiger partial charge >= 0.3 is 0 Å². The Morgan fingerprint density at radius 1 is 1.19 bits per heavy atom. The molecule has 0 saturated heterocycles. The maximum Gasteiger partial charge on any atom is 0.125 e. The molecule has 2 nitrogen and oxygen atoms in total. The largest absolute Gasteiger partial charge is 0.366 e. The fraction of sp³-hybridized carbons (Fsp3) is 0.176. The lowest BCUT2D eigenvalue weighted by atomic mass is 10.0. The topological polar surface area (TPSA) is 29.3 Å². The second kappa shape index (κ2) is 5.84. The van der Waals surface area contributed by atoms with Gasteiger partial charge in [0, 0.05) is 24.0 Å². The Labute approximate surface area is 127 Å². The van der Waals surface area contributed by atoms with Crippen molar-refractivity contribution in [2.24, 2.45) is 5.73 Å². The first-order valence-electron chi connectivity index (χ1n) is 6.85. The Morgan fingerprint density at radius 2 is 2.00 bits per heavy atom. The summed E-state index contributed by atoms with van der Waals surface area (Å²) in [4.78, 5) is 2.04. The van der Waals surface area contributed by atoms with Crippen LogP contribution in [0.1, 0.15) is 11.6 Å². The van der Waals surface area contributed by atoms with Gasteiger partial charge in [0.15, 0.2) is 0 Å². The van der Waals surface area contributed by atoms with Crippen molar-refractivity contribution in [3.8, 4) is 0 Å². The maximum atomic E-state index is 13.4. The van der Waals surface area contributed by atoms with Crippen molar-refractivity contribution in [2.45, 2.75) is 6.04 Å². The molecule has 0 amide bonds. The second-order valence-electron chi connectivity index (χ2n) is 5.03. The summed E-state index contributed by atoms with van der Waals surface area (Å²) in [5, 5.41) is 3.37. The van der Waals surface area contributed by atoms with Gasteiger partial charge in [-0.1, -0.05) is 24.3 Å². The number of fused-ring (bicyclic) bond motifs is 1. The van der Waals surface area contributed by atoms with Crippen LogP contribution in [0.5, 0.6) is 0 Å². The normalized spacial score (nSPS) is 12.5. The zero-order valence-electron chi connectivity index (χ0n) is 11.8. The minimum Gasteiger partial charge on any atom is -0.366 e. The van der Waals surface area contributed by atoms with Crippen LogP contribution in [0.4, 0.5) is 10.1 Å². The summed E-state index contributed by atoms with van der Waals surface area (Å²) in [5.41, 5.74) is 8.03. The molecule has 3 rings (SSSR count). The monoisotopic (exact) mass is 300 g/mol. The number of nitrogens with zero attached hydrogens (tertiary/aromatic N) is 1. The van der Waals surface area contributed by atoms with Gasteiger partial charge < -0.3 is 10.6 Å². The van der Waals surface area contributed by atoms with Gasteiger partial charge in [0.25, 0.3) is 0 Å². The van der Waals surface area contributed by atoms with Crippen LogP contribution < -0.4 is 10.6 Å². The minimum atomic E-state index is -0.231. The Bertz CT molecular complexity index is 753. The smallest absolute Gasteiger partial charge is 0.125 e. The highest BCUT2D eigenvalue weighted by Crippen LogP contribution is 2.34. The summed E-state index contributed by atoms with van der Waals surface area (Å²) in [5.74, 6) is -0.231. The zero-order chi connectivity index (χ0) is 14.8. The molecule has 108 valence electrons. The summed E-state index contributed by atoms with van der Waals surface area (Å²) in [6.07, 6.45) is 0. The Balaban J connectivity index is 2.01. The Morgan fingerprint density at radius 3 is 2.76 bits per heavy atom. The van der Waals surface area contributed by atoms with Crippen molar-refractivity contribution < 1.29 is 4.39 Å². The molecule has 0 aliphatic heterocycles. The molecule has 4 heteroatoms. The van der Waals surface area contributed by atoms with Gasteiger partial charge in [0.2, 0.25) is 0 Å². The van der Waals surface area contributed by atoms with E-state index in [0.717, 1.165) is 5.69 Å². The average Bonchev–Trinajstić information content (AvgIpc) is 2.92. The standard InChI is InChI=1S/C17H17FN2S/c1-20(13-6-4-5-12(18)9-13)16(10-19)15-11-21-17-8-3-2-7-14(15)17/h2-9,11,16H,10,19H2,1H3. The van der Waals surface area contributed by atoms with Crippen molar-refractivity contribution in [3.63, 3.8) is 0 Å². The molecular weight excluding hydrogens is 283 g/mol. The highest BCUT2D eigenvalue weighted by atomic mass is 32.1. The number of anilines is 1. The average molecular weight is 300 g/mol. The highest BCUT2D eigenvalue weighted by Gasteiger charge is 2.19. The number of hydrogen-bond acceptors (Lipinski definition) is 3. The first-order chi connectivity index (χ1) is 10.2. The molecule has 1 atom stereocenters. The van der Waals surface area contributed by atoms with Crippen LogP contribution in [0.25, 0.3) is 10.1 Å². The number of rotatable bonds is 4. The third-order valence-electron chi connectivity index (χ3n) is 3.78. The van der Waals surface area contributed by atoms with Gasteiger partial charge in [-0.15, -0.1) is 11.3 Å². The summed E-state index contributed by atoms with van der Waals surface area (Å²) in [6.45, 7) is 0.480. The van der Waals surface area contributed by atoms with Gasteiger partial charge in [0.05, 0.1) is 6.04 Å². The summed E-state index contributed by atoms with van der Waals surface area (Å²) >= 11 is 1.72. The van der Waals surface area contributed by atoms with Crippen LogP contribution in [-0.2, 0) is 0 Å². The molecule has 0 saturated carbocycles. The third-order valence-corrected chi connectivity index (χ3v) is 4.76. The van der Waals surface area contributed by atoms with Crippen LogP contribution in [0.3, 0.4) is 0 Å². The van der Waals surface area contributed by atoms with E-state index in [0.29, 0.717) is 6.54 Å². The van der Waals surface area contributed by atoms with Gasteiger partial charge in [-0.2, -0.15) is 0 Å². The first kappa shape index (κ1) is 14.0. The van der Waals surface area contributed by atoms with E-state index in [1.54, 1.807) is 17.4 Å². The van der Waals surface area contributed by atoms with Crippen molar-refractivity contribution in [2.75, 3.05) is 18.5 Å². The number of nitrogens with two attached hydrogens (primary N) is 1. The zero-order valence-corrected chi connectivity index (χ0v) is 12.6. The quantitative estimate of drug-likeness (QED) is 0.783. The highest BCUT2D eigenvalue weighted by molar-refractivity contribution is 7.17. The minimum absolute atomic E-state index is 0.0305. The second-order valence-corrected chi connectivity index (χ2v) is 5.94. The van der Waals surface area contributed by atoms with E-state index < -0.39 is 0 Å². The Hall–Kier alpha value is -1.91. The van der Waals surface area contributed by atoms with Crippen LogP contribution in [0.15, 0.2) is 53.9 Å².